The van der Waals surface area contributed by atoms with Crippen molar-refractivity contribution in [2.75, 3.05) is 26.2 Å². The van der Waals surface area contributed by atoms with Crippen molar-refractivity contribution in [3.63, 3.8) is 0 Å². The first kappa shape index (κ1) is 17.3. The second kappa shape index (κ2) is 7.97. The number of rotatable bonds is 5. The van der Waals surface area contributed by atoms with Gasteiger partial charge in [0, 0.05) is 12.6 Å². The minimum Gasteiger partial charge on any atom is -0.314 e. The molecule has 0 bridgehead atoms. The van der Waals surface area contributed by atoms with Gasteiger partial charge in [0.25, 0.3) is 0 Å². The minimum absolute atomic E-state index is 0.564. The Morgan fingerprint density at radius 1 is 1.10 bits per heavy atom. The molecule has 3 atom stereocenters. The van der Waals surface area contributed by atoms with Gasteiger partial charge in [-0.25, -0.2) is 0 Å². The Balaban J connectivity index is 1.90. The molecule has 1 N–H and O–H groups in total. The first-order valence-electron chi connectivity index (χ1n) is 9.50. The van der Waals surface area contributed by atoms with Crippen molar-refractivity contribution in [3.05, 3.63) is 0 Å². The molecule has 2 fully saturated rings. The molecule has 0 amide bonds. The van der Waals surface area contributed by atoms with E-state index < -0.39 is 0 Å². The SMILES string of the molecule is CCNC1CCC(CC)CC1CN1CCCC(C)(C)CC1. The van der Waals surface area contributed by atoms with Gasteiger partial charge in [-0.3, -0.25) is 0 Å². The fraction of sp³-hybridized carbons (Fsp3) is 1.00. The van der Waals surface area contributed by atoms with Crippen LogP contribution < -0.4 is 5.32 Å². The van der Waals surface area contributed by atoms with Crippen LogP contribution in [-0.4, -0.2) is 37.1 Å². The van der Waals surface area contributed by atoms with E-state index in [-0.39, 0.29) is 0 Å². The Labute approximate surface area is 133 Å². The Morgan fingerprint density at radius 2 is 1.90 bits per heavy atom. The second-order valence-electron chi connectivity index (χ2n) is 8.33. The molecule has 3 unspecified atom stereocenters. The van der Waals surface area contributed by atoms with Crippen molar-refractivity contribution in [1.82, 2.24) is 10.2 Å². The number of hydrogen-bond donors (Lipinski definition) is 1. The van der Waals surface area contributed by atoms with Crippen LogP contribution in [0, 0.1) is 17.3 Å². The van der Waals surface area contributed by atoms with Crippen molar-refractivity contribution in [3.8, 4) is 0 Å². The Kier molecular flexibility index (Phi) is 6.55. The summed E-state index contributed by atoms with van der Waals surface area (Å²) in [4.78, 5) is 2.78. The summed E-state index contributed by atoms with van der Waals surface area (Å²) in [5.74, 6) is 1.86. The average Bonchev–Trinajstić information content (AvgIpc) is 2.62. The van der Waals surface area contributed by atoms with Crippen LogP contribution in [0.15, 0.2) is 0 Å². The lowest BCUT2D eigenvalue weighted by Gasteiger charge is -2.39. The molecule has 1 saturated carbocycles. The molecule has 1 heterocycles. The topological polar surface area (TPSA) is 15.3 Å². The molecular formula is C19H38N2. The molecule has 1 aliphatic heterocycles. The highest BCUT2D eigenvalue weighted by atomic mass is 15.1. The minimum atomic E-state index is 0.564. The standard InChI is InChI=1S/C19H38N2/c1-5-16-8-9-18(20-6-2)17(14-16)15-21-12-7-10-19(3,4)11-13-21/h16-18,20H,5-15H2,1-4H3. The highest BCUT2D eigenvalue weighted by Crippen LogP contribution is 2.34. The normalized spacial score (nSPS) is 34.6. The van der Waals surface area contributed by atoms with Crippen LogP contribution in [0.5, 0.6) is 0 Å². The zero-order chi connectivity index (χ0) is 15.3. The van der Waals surface area contributed by atoms with Crippen LogP contribution in [-0.2, 0) is 0 Å². The summed E-state index contributed by atoms with van der Waals surface area (Å²) < 4.78 is 0. The number of likely N-dealkylation sites (tertiary alicyclic amines) is 1. The first-order valence-corrected chi connectivity index (χ1v) is 9.50. The molecule has 2 heteroatoms. The number of nitrogens with zero attached hydrogens (tertiary/aromatic N) is 1. The summed E-state index contributed by atoms with van der Waals surface area (Å²) in [6.45, 7) is 14.7. The summed E-state index contributed by atoms with van der Waals surface area (Å²) in [6.07, 6.45) is 9.85. The van der Waals surface area contributed by atoms with Crippen LogP contribution in [0.1, 0.15) is 72.6 Å². The van der Waals surface area contributed by atoms with Crippen molar-refractivity contribution in [1.29, 1.82) is 0 Å². The largest absolute Gasteiger partial charge is 0.314 e. The maximum Gasteiger partial charge on any atom is 0.0108 e. The van der Waals surface area contributed by atoms with Crippen LogP contribution in [0.25, 0.3) is 0 Å². The second-order valence-corrected chi connectivity index (χ2v) is 8.33. The van der Waals surface area contributed by atoms with Crippen LogP contribution in [0.4, 0.5) is 0 Å². The zero-order valence-electron chi connectivity index (χ0n) is 15.0. The maximum absolute atomic E-state index is 3.77. The summed E-state index contributed by atoms with van der Waals surface area (Å²) in [5.41, 5.74) is 0.564. The average molecular weight is 295 g/mol. The van der Waals surface area contributed by atoms with E-state index >= 15 is 0 Å². The lowest BCUT2D eigenvalue weighted by Crippen LogP contribution is -2.46. The van der Waals surface area contributed by atoms with Crippen molar-refractivity contribution in [2.24, 2.45) is 17.3 Å². The van der Waals surface area contributed by atoms with Gasteiger partial charge >= 0.3 is 0 Å². The molecule has 0 radical (unpaired) electrons. The molecule has 0 spiro atoms. The molecule has 124 valence electrons. The molecular weight excluding hydrogens is 256 g/mol. The van der Waals surface area contributed by atoms with Gasteiger partial charge in [0.05, 0.1) is 0 Å². The van der Waals surface area contributed by atoms with Gasteiger partial charge in [-0.15, -0.1) is 0 Å². The summed E-state index contributed by atoms with van der Waals surface area (Å²) in [6, 6.07) is 0.772. The zero-order valence-corrected chi connectivity index (χ0v) is 15.0. The van der Waals surface area contributed by atoms with Gasteiger partial charge in [0.2, 0.25) is 0 Å². The molecule has 1 saturated heterocycles. The van der Waals surface area contributed by atoms with E-state index in [1.54, 1.807) is 0 Å². The molecule has 1 aliphatic carbocycles. The predicted octanol–water partition coefficient (Wildman–Crippen LogP) is 4.30. The lowest BCUT2D eigenvalue weighted by molar-refractivity contribution is 0.138. The van der Waals surface area contributed by atoms with Gasteiger partial charge in [-0.2, -0.15) is 0 Å². The third-order valence-electron chi connectivity index (χ3n) is 6.06. The van der Waals surface area contributed by atoms with Gasteiger partial charge in [0.15, 0.2) is 0 Å². The fourth-order valence-corrected chi connectivity index (χ4v) is 4.46. The van der Waals surface area contributed by atoms with Gasteiger partial charge in [-0.05, 0) is 75.4 Å². The third kappa shape index (κ3) is 5.25. The third-order valence-corrected chi connectivity index (χ3v) is 6.06. The summed E-state index contributed by atoms with van der Waals surface area (Å²) >= 11 is 0. The summed E-state index contributed by atoms with van der Waals surface area (Å²) in [5, 5.41) is 3.77. The van der Waals surface area contributed by atoms with Crippen molar-refractivity contribution >= 4 is 0 Å². The van der Waals surface area contributed by atoms with E-state index in [1.807, 2.05) is 0 Å². The van der Waals surface area contributed by atoms with Gasteiger partial charge in [-0.1, -0.05) is 34.1 Å². The van der Waals surface area contributed by atoms with E-state index in [0.29, 0.717) is 5.41 Å². The fourth-order valence-electron chi connectivity index (χ4n) is 4.46. The molecule has 2 rings (SSSR count). The van der Waals surface area contributed by atoms with Crippen molar-refractivity contribution < 1.29 is 0 Å². The molecule has 2 aliphatic rings. The highest BCUT2D eigenvalue weighted by Gasteiger charge is 2.31. The van der Waals surface area contributed by atoms with E-state index in [9.17, 15) is 0 Å². The number of nitrogens with one attached hydrogen (secondary N) is 1. The van der Waals surface area contributed by atoms with Crippen LogP contribution in [0.3, 0.4) is 0 Å². The molecule has 0 aromatic heterocycles. The van der Waals surface area contributed by atoms with E-state index in [1.165, 1.54) is 64.6 Å². The van der Waals surface area contributed by atoms with Gasteiger partial charge < -0.3 is 10.2 Å². The molecule has 2 nitrogen and oxygen atoms in total. The monoisotopic (exact) mass is 294 g/mol. The quantitative estimate of drug-likeness (QED) is 0.813. The first-order chi connectivity index (χ1) is 10.0. The van der Waals surface area contributed by atoms with E-state index in [2.05, 4.69) is 37.9 Å². The Bertz CT molecular complexity index is 300. The smallest absolute Gasteiger partial charge is 0.0108 e. The van der Waals surface area contributed by atoms with Gasteiger partial charge in [0.1, 0.15) is 0 Å². The highest BCUT2D eigenvalue weighted by molar-refractivity contribution is 4.87. The Hall–Kier alpha value is -0.0800. The summed E-state index contributed by atoms with van der Waals surface area (Å²) in [7, 11) is 0. The van der Waals surface area contributed by atoms with Crippen LogP contribution >= 0.6 is 0 Å². The molecule has 21 heavy (non-hydrogen) atoms. The van der Waals surface area contributed by atoms with Crippen LogP contribution in [0.2, 0.25) is 0 Å². The maximum atomic E-state index is 3.77. The predicted molar refractivity (Wildman–Crippen MR) is 92.7 cm³/mol. The van der Waals surface area contributed by atoms with Crippen molar-refractivity contribution in [2.45, 2.75) is 78.7 Å². The molecule has 0 aromatic rings. The Morgan fingerprint density at radius 3 is 2.62 bits per heavy atom. The van der Waals surface area contributed by atoms with E-state index in [0.717, 1.165) is 24.4 Å². The lowest BCUT2D eigenvalue weighted by atomic mass is 9.76. The molecule has 0 aromatic carbocycles. The number of hydrogen-bond acceptors (Lipinski definition) is 2. The van der Waals surface area contributed by atoms with E-state index in [4.69, 9.17) is 0 Å².